The van der Waals surface area contributed by atoms with Crippen LogP contribution in [0.5, 0.6) is 0 Å². The predicted molar refractivity (Wildman–Crippen MR) is 98.8 cm³/mol. The first-order valence-corrected chi connectivity index (χ1v) is 9.47. The van der Waals surface area contributed by atoms with Gasteiger partial charge in [-0.1, -0.05) is 36.4 Å². The molecule has 0 heterocycles. The van der Waals surface area contributed by atoms with Gasteiger partial charge in [-0.15, -0.1) is 0 Å². The third-order valence-corrected chi connectivity index (χ3v) is 4.80. The SMILES string of the molecule is CC(=O)N[C@H](CC(=O)Nc1ccc(C)c(S(N)(=O)=O)c1)c1ccccc1. The van der Waals surface area contributed by atoms with E-state index in [4.69, 9.17) is 5.14 Å². The van der Waals surface area contributed by atoms with Crippen LogP contribution in [0.4, 0.5) is 5.69 Å². The molecule has 0 unspecified atom stereocenters. The predicted octanol–water partition coefficient (Wildman–Crippen LogP) is 1.85. The Morgan fingerprint density at radius 1 is 1.12 bits per heavy atom. The van der Waals surface area contributed by atoms with E-state index in [9.17, 15) is 18.0 Å². The number of hydrogen-bond donors (Lipinski definition) is 3. The van der Waals surface area contributed by atoms with E-state index in [0.29, 0.717) is 11.3 Å². The fraction of sp³-hybridized carbons (Fsp3) is 0.222. The van der Waals surface area contributed by atoms with E-state index in [1.54, 1.807) is 19.1 Å². The molecule has 7 nitrogen and oxygen atoms in total. The molecule has 0 aliphatic carbocycles. The minimum Gasteiger partial charge on any atom is -0.349 e. The Morgan fingerprint density at radius 2 is 1.77 bits per heavy atom. The van der Waals surface area contributed by atoms with Gasteiger partial charge in [0, 0.05) is 12.6 Å². The molecule has 4 N–H and O–H groups in total. The minimum absolute atomic E-state index is 0.00216. The maximum atomic E-state index is 12.4. The van der Waals surface area contributed by atoms with E-state index in [2.05, 4.69) is 10.6 Å². The van der Waals surface area contributed by atoms with Crippen LogP contribution >= 0.6 is 0 Å². The molecule has 0 aliphatic rings. The maximum Gasteiger partial charge on any atom is 0.238 e. The van der Waals surface area contributed by atoms with Gasteiger partial charge < -0.3 is 10.6 Å². The summed E-state index contributed by atoms with van der Waals surface area (Å²) in [6, 6.07) is 13.1. The molecular formula is C18H21N3O4S. The lowest BCUT2D eigenvalue weighted by Gasteiger charge is -2.18. The molecule has 2 amide bonds. The van der Waals surface area contributed by atoms with Gasteiger partial charge in [0.2, 0.25) is 21.8 Å². The molecule has 0 saturated heterocycles. The number of carbonyl (C=O) groups excluding carboxylic acids is 2. The van der Waals surface area contributed by atoms with Crippen molar-refractivity contribution >= 4 is 27.5 Å². The lowest BCUT2D eigenvalue weighted by Crippen LogP contribution is -2.29. The number of carbonyl (C=O) groups is 2. The van der Waals surface area contributed by atoms with E-state index < -0.39 is 16.1 Å². The number of hydrogen-bond acceptors (Lipinski definition) is 4. The zero-order valence-corrected chi connectivity index (χ0v) is 15.3. The van der Waals surface area contributed by atoms with Gasteiger partial charge in [-0.3, -0.25) is 9.59 Å². The van der Waals surface area contributed by atoms with Gasteiger partial charge in [0.1, 0.15) is 0 Å². The lowest BCUT2D eigenvalue weighted by atomic mass is 10.0. The van der Waals surface area contributed by atoms with Gasteiger partial charge in [-0.05, 0) is 30.2 Å². The van der Waals surface area contributed by atoms with E-state index in [1.165, 1.54) is 13.0 Å². The highest BCUT2D eigenvalue weighted by Gasteiger charge is 2.18. The first-order valence-electron chi connectivity index (χ1n) is 7.92. The standard InChI is InChI=1S/C18H21N3O4S/c1-12-8-9-15(10-17(12)26(19,24)25)21-18(23)11-16(20-13(2)22)14-6-4-3-5-7-14/h3-10,16H,11H2,1-2H3,(H,20,22)(H,21,23)(H2,19,24,25)/t16-/m1/s1. The number of sulfonamides is 1. The Labute approximate surface area is 152 Å². The van der Waals surface area contributed by atoms with Crippen LogP contribution in [0.3, 0.4) is 0 Å². The van der Waals surface area contributed by atoms with E-state index >= 15 is 0 Å². The van der Waals surface area contributed by atoms with Crippen molar-refractivity contribution < 1.29 is 18.0 Å². The summed E-state index contributed by atoms with van der Waals surface area (Å²) >= 11 is 0. The van der Waals surface area contributed by atoms with Crippen LogP contribution in [-0.2, 0) is 19.6 Å². The highest BCUT2D eigenvalue weighted by Crippen LogP contribution is 2.21. The van der Waals surface area contributed by atoms with Gasteiger partial charge in [0.25, 0.3) is 0 Å². The summed E-state index contributed by atoms with van der Waals surface area (Å²) in [5.74, 6) is -0.615. The number of aryl methyl sites for hydroxylation is 1. The highest BCUT2D eigenvalue weighted by atomic mass is 32.2. The molecule has 0 fully saturated rings. The second kappa shape index (κ2) is 8.11. The molecule has 2 rings (SSSR count). The summed E-state index contributed by atoms with van der Waals surface area (Å²) in [6.07, 6.45) is 0.00216. The van der Waals surface area contributed by atoms with Crippen LogP contribution in [0.1, 0.15) is 30.5 Å². The second-order valence-electron chi connectivity index (χ2n) is 5.94. The van der Waals surface area contributed by atoms with Crippen LogP contribution in [-0.4, -0.2) is 20.2 Å². The monoisotopic (exact) mass is 375 g/mol. The average molecular weight is 375 g/mol. The molecule has 0 bridgehead atoms. The van der Waals surface area contributed by atoms with Crippen molar-refractivity contribution in [1.82, 2.24) is 5.32 Å². The number of rotatable bonds is 6. The number of amides is 2. The van der Waals surface area contributed by atoms with Crippen molar-refractivity contribution in [2.45, 2.75) is 31.2 Å². The molecular weight excluding hydrogens is 354 g/mol. The zero-order chi connectivity index (χ0) is 19.3. The largest absolute Gasteiger partial charge is 0.349 e. The molecule has 2 aromatic rings. The molecule has 0 aliphatic heterocycles. The summed E-state index contributed by atoms with van der Waals surface area (Å²) in [5.41, 5.74) is 1.61. The molecule has 8 heteroatoms. The van der Waals surface area contributed by atoms with Crippen molar-refractivity contribution in [3.63, 3.8) is 0 Å². The Morgan fingerprint density at radius 3 is 2.35 bits per heavy atom. The molecule has 26 heavy (non-hydrogen) atoms. The van der Waals surface area contributed by atoms with Crippen molar-refractivity contribution in [2.24, 2.45) is 5.14 Å². The average Bonchev–Trinajstić information content (AvgIpc) is 2.55. The van der Waals surface area contributed by atoms with Gasteiger partial charge in [-0.2, -0.15) is 0 Å². The Kier molecular flexibility index (Phi) is 6.12. The Hall–Kier alpha value is -2.71. The molecule has 0 radical (unpaired) electrons. The van der Waals surface area contributed by atoms with Crippen molar-refractivity contribution in [1.29, 1.82) is 0 Å². The van der Waals surface area contributed by atoms with Gasteiger partial charge in [0.15, 0.2) is 0 Å². The third kappa shape index (κ3) is 5.40. The molecule has 0 saturated carbocycles. The first-order chi connectivity index (χ1) is 12.2. The van der Waals surface area contributed by atoms with Crippen LogP contribution in [0, 0.1) is 6.92 Å². The minimum atomic E-state index is -3.88. The van der Waals surface area contributed by atoms with E-state index in [1.807, 2.05) is 30.3 Å². The fourth-order valence-electron chi connectivity index (χ4n) is 2.56. The molecule has 0 aromatic heterocycles. The summed E-state index contributed by atoms with van der Waals surface area (Å²) in [6.45, 7) is 3.00. The van der Waals surface area contributed by atoms with Crippen molar-refractivity contribution in [3.8, 4) is 0 Å². The first kappa shape index (κ1) is 19.6. The van der Waals surface area contributed by atoms with Gasteiger partial charge >= 0.3 is 0 Å². The van der Waals surface area contributed by atoms with Crippen LogP contribution in [0.15, 0.2) is 53.4 Å². The van der Waals surface area contributed by atoms with Crippen LogP contribution in [0.2, 0.25) is 0 Å². The zero-order valence-electron chi connectivity index (χ0n) is 14.5. The lowest BCUT2D eigenvalue weighted by molar-refractivity contribution is -0.120. The second-order valence-corrected chi connectivity index (χ2v) is 7.47. The summed E-state index contributed by atoms with van der Waals surface area (Å²) in [4.78, 5) is 23.8. The quantitative estimate of drug-likeness (QED) is 0.714. The maximum absolute atomic E-state index is 12.4. The third-order valence-electron chi connectivity index (χ3n) is 3.75. The van der Waals surface area contributed by atoms with Gasteiger partial charge in [0.05, 0.1) is 17.4 Å². The topological polar surface area (TPSA) is 118 Å². The fourth-order valence-corrected chi connectivity index (χ4v) is 3.37. The number of nitrogens with two attached hydrogens (primary N) is 1. The molecule has 0 spiro atoms. The summed E-state index contributed by atoms with van der Waals surface area (Å²) in [5, 5.41) is 10.6. The van der Waals surface area contributed by atoms with Crippen molar-refractivity contribution in [2.75, 3.05) is 5.32 Å². The van der Waals surface area contributed by atoms with Crippen LogP contribution < -0.4 is 15.8 Å². The van der Waals surface area contributed by atoms with E-state index in [0.717, 1.165) is 5.56 Å². The number of nitrogens with one attached hydrogen (secondary N) is 2. The Balaban J connectivity index is 2.17. The molecule has 1 atom stereocenters. The smallest absolute Gasteiger partial charge is 0.238 e. The molecule has 138 valence electrons. The van der Waals surface area contributed by atoms with Crippen LogP contribution in [0.25, 0.3) is 0 Å². The summed E-state index contributed by atoms with van der Waals surface area (Å²) in [7, 11) is -3.88. The van der Waals surface area contributed by atoms with E-state index in [-0.39, 0.29) is 23.1 Å². The van der Waals surface area contributed by atoms with Gasteiger partial charge in [-0.25, -0.2) is 13.6 Å². The highest BCUT2D eigenvalue weighted by molar-refractivity contribution is 7.89. The molecule has 2 aromatic carbocycles. The number of benzene rings is 2. The van der Waals surface area contributed by atoms with Crippen molar-refractivity contribution in [3.05, 3.63) is 59.7 Å². The summed E-state index contributed by atoms with van der Waals surface area (Å²) < 4.78 is 23.2. The Bertz CT molecular complexity index is 911. The normalized spacial score (nSPS) is 12.3. The number of primary sulfonamides is 1. The number of anilines is 1.